The second-order valence-electron chi connectivity index (χ2n) is 11.4. The number of piperazine rings is 1. The van der Waals surface area contributed by atoms with Gasteiger partial charge in [0.2, 0.25) is 11.8 Å². The van der Waals surface area contributed by atoms with E-state index in [1.165, 1.54) is 0 Å². The van der Waals surface area contributed by atoms with Crippen molar-refractivity contribution in [2.24, 2.45) is 5.92 Å². The summed E-state index contributed by atoms with van der Waals surface area (Å²) in [7, 11) is 0. The normalized spacial score (nSPS) is 21.1. The van der Waals surface area contributed by atoms with E-state index in [0.717, 1.165) is 47.0 Å². The van der Waals surface area contributed by atoms with E-state index >= 15 is 0 Å². The third-order valence-corrected chi connectivity index (χ3v) is 8.09. The summed E-state index contributed by atoms with van der Waals surface area (Å²) in [6.45, 7) is 6.51. The van der Waals surface area contributed by atoms with Gasteiger partial charge in [0.05, 0.1) is 13.1 Å². The number of ether oxygens (including phenoxy) is 1. The minimum Gasteiger partial charge on any atom is -0.350 e. The van der Waals surface area contributed by atoms with E-state index in [9.17, 15) is 14.4 Å². The van der Waals surface area contributed by atoms with Crippen LogP contribution < -0.4 is 5.48 Å². The summed E-state index contributed by atoms with van der Waals surface area (Å²) in [6.07, 6.45) is 2.92. The van der Waals surface area contributed by atoms with Crippen LogP contribution in [0.25, 0.3) is 10.9 Å². The zero-order valence-electron chi connectivity index (χ0n) is 23.1. The number of aromatic nitrogens is 1. The van der Waals surface area contributed by atoms with Gasteiger partial charge in [0, 0.05) is 54.7 Å². The first-order chi connectivity index (χ1) is 19.4. The molecule has 6 rings (SSSR count). The summed E-state index contributed by atoms with van der Waals surface area (Å²) in [5.41, 5.74) is 7.33. The van der Waals surface area contributed by atoms with E-state index in [1.807, 2.05) is 24.3 Å². The number of amides is 3. The van der Waals surface area contributed by atoms with Crippen LogP contribution in [0.15, 0.2) is 48.5 Å². The number of rotatable bonds is 7. The van der Waals surface area contributed by atoms with Crippen molar-refractivity contribution >= 4 is 28.6 Å². The molecule has 1 aromatic heterocycles. The molecule has 210 valence electrons. The van der Waals surface area contributed by atoms with Gasteiger partial charge in [-0.3, -0.25) is 14.4 Å². The molecule has 0 spiro atoms. The summed E-state index contributed by atoms with van der Waals surface area (Å²) in [4.78, 5) is 48.1. The van der Waals surface area contributed by atoms with Crippen LogP contribution >= 0.6 is 0 Å². The monoisotopic (exact) mass is 544 g/mol. The molecule has 2 saturated heterocycles. The molecule has 2 aromatic carbocycles. The van der Waals surface area contributed by atoms with Crippen molar-refractivity contribution in [2.45, 2.75) is 65.0 Å². The highest BCUT2D eigenvalue weighted by Crippen LogP contribution is 2.35. The Bertz CT molecular complexity index is 1420. The van der Waals surface area contributed by atoms with Gasteiger partial charge < -0.3 is 19.1 Å². The molecule has 1 N–H and O–H groups in total. The Kier molecular flexibility index (Phi) is 7.33. The van der Waals surface area contributed by atoms with Crippen LogP contribution in [0.1, 0.15) is 60.3 Å². The molecule has 40 heavy (non-hydrogen) atoms. The first-order valence-corrected chi connectivity index (χ1v) is 14.2. The van der Waals surface area contributed by atoms with Crippen molar-refractivity contribution in [3.8, 4) is 0 Å². The quantitative estimate of drug-likeness (QED) is 0.459. The molecule has 9 heteroatoms. The fraction of sp³-hybridized carbons (Fsp3) is 0.452. The third kappa shape index (κ3) is 5.11. The van der Waals surface area contributed by atoms with Crippen LogP contribution in [0, 0.1) is 5.92 Å². The summed E-state index contributed by atoms with van der Waals surface area (Å²) in [5.74, 6) is 0.0446. The number of hydrogen-bond donors (Lipinski definition) is 1. The summed E-state index contributed by atoms with van der Waals surface area (Å²) < 4.78 is 7.75. The van der Waals surface area contributed by atoms with Crippen molar-refractivity contribution in [2.75, 3.05) is 19.7 Å². The minimum atomic E-state index is -0.453. The Morgan fingerprint density at radius 2 is 1.88 bits per heavy atom. The molecule has 1 unspecified atom stereocenters. The molecule has 3 amide bonds. The molecule has 9 nitrogen and oxygen atoms in total. The average molecular weight is 545 g/mol. The lowest BCUT2D eigenvalue weighted by Gasteiger charge is -2.43. The number of para-hydroxylation sites is 1. The molecule has 4 heterocycles. The number of carbonyl (C=O) groups is 3. The fourth-order valence-electron chi connectivity index (χ4n) is 6.14. The minimum absolute atomic E-state index is 0.00363. The molecule has 2 atom stereocenters. The van der Waals surface area contributed by atoms with Gasteiger partial charge in [0.25, 0.3) is 5.91 Å². The maximum Gasteiger partial charge on any atom is 0.274 e. The van der Waals surface area contributed by atoms with Crippen molar-refractivity contribution in [3.05, 3.63) is 70.9 Å². The summed E-state index contributed by atoms with van der Waals surface area (Å²) >= 11 is 0. The van der Waals surface area contributed by atoms with Gasteiger partial charge in [-0.1, -0.05) is 44.2 Å². The van der Waals surface area contributed by atoms with Gasteiger partial charge >= 0.3 is 0 Å². The molecular formula is C31H36N4O5. The number of nitrogens with one attached hydrogen (secondary N) is 1. The molecule has 0 bridgehead atoms. The Balaban J connectivity index is 1.22. The van der Waals surface area contributed by atoms with Gasteiger partial charge in [-0.05, 0) is 48.1 Å². The summed E-state index contributed by atoms with van der Waals surface area (Å²) in [6, 6.07) is 15.2. The topological polar surface area (TPSA) is 93.1 Å². The van der Waals surface area contributed by atoms with Gasteiger partial charge in [0.1, 0.15) is 6.04 Å². The van der Waals surface area contributed by atoms with Crippen molar-refractivity contribution in [1.29, 1.82) is 0 Å². The Morgan fingerprint density at radius 1 is 1.07 bits per heavy atom. The van der Waals surface area contributed by atoms with E-state index in [2.05, 4.69) is 36.0 Å². The lowest BCUT2D eigenvalue weighted by Crippen LogP contribution is -2.62. The van der Waals surface area contributed by atoms with Crippen LogP contribution in [0.3, 0.4) is 0 Å². The number of carbonyl (C=O) groups excluding carboxylic acids is 3. The van der Waals surface area contributed by atoms with E-state index in [0.29, 0.717) is 44.1 Å². The van der Waals surface area contributed by atoms with E-state index < -0.39 is 12.3 Å². The number of benzene rings is 2. The van der Waals surface area contributed by atoms with Crippen LogP contribution in [0.2, 0.25) is 0 Å². The fourth-order valence-corrected chi connectivity index (χ4v) is 6.14. The predicted molar refractivity (Wildman–Crippen MR) is 149 cm³/mol. The van der Waals surface area contributed by atoms with Gasteiger partial charge in [-0.2, -0.15) is 0 Å². The first kappa shape index (κ1) is 26.5. The second kappa shape index (κ2) is 11.1. The Hall–Kier alpha value is -3.69. The van der Waals surface area contributed by atoms with Gasteiger partial charge in [0.15, 0.2) is 6.29 Å². The molecule has 3 aliphatic rings. The van der Waals surface area contributed by atoms with Crippen LogP contribution in [-0.4, -0.2) is 64.1 Å². The van der Waals surface area contributed by atoms with Gasteiger partial charge in [-0.15, -0.1) is 0 Å². The molecule has 2 fully saturated rings. The number of fused-ring (bicyclic) bond motifs is 4. The summed E-state index contributed by atoms with van der Waals surface area (Å²) in [5, 5.41) is 1.12. The Morgan fingerprint density at radius 3 is 2.62 bits per heavy atom. The van der Waals surface area contributed by atoms with Crippen LogP contribution in [0.4, 0.5) is 0 Å². The Labute approximate surface area is 234 Å². The maximum absolute atomic E-state index is 13.4. The third-order valence-electron chi connectivity index (χ3n) is 8.09. The molecule has 0 saturated carbocycles. The van der Waals surface area contributed by atoms with Crippen molar-refractivity contribution in [1.82, 2.24) is 19.8 Å². The van der Waals surface area contributed by atoms with Crippen molar-refractivity contribution in [3.63, 3.8) is 0 Å². The maximum atomic E-state index is 13.4. The van der Waals surface area contributed by atoms with Crippen molar-refractivity contribution < 1.29 is 24.0 Å². The second-order valence-corrected chi connectivity index (χ2v) is 11.4. The highest BCUT2D eigenvalue weighted by molar-refractivity contribution is 5.97. The van der Waals surface area contributed by atoms with Gasteiger partial charge in [-0.25, -0.2) is 10.3 Å². The van der Waals surface area contributed by atoms with E-state index in [4.69, 9.17) is 9.57 Å². The first-order valence-electron chi connectivity index (χ1n) is 14.2. The molecule has 3 aliphatic heterocycles. The SMILES string of the molecule is CC(C)CN1CC(=O)N2Cc3c(c4ccccc4n3Cc3ccc(C(=O)NO[C@@H]4CCCCO4)cc3)CC2C1=O. The zero-order valence-corrected chi connectivity index (χ0v) is 23.1. The molecular weight excluding hydrogens is 508 g/mol. The molecule has 0 aliphatic carbocycles. The van der Waals surface area contributed by atoms with Crippen LogP contribution in [0.5, 0.6) is 0 Å². The smallest absolute Gasteiger partial charge is 0.274 e. The highest BCUT2D eigenvalue weighted by atomic mass is 16.8. The zero-order chi connectivity index (χ0) is 27.8. The predicted octanol–water partition coefficient (Wildman–Crippen LogP) is 3.63. The lowest BCUT2D eigenvalue weighted by molar-refractivity contribution is -0.186. The molecule has 3 aromatic rings. The van der Waals surface area contributed by atoms with E-state index in [-0.39, 0.29) is 24.3 Å². The number of nitrogens with zero attached hydrogens (tertiary/aromatic N) is 3. The number of hydroxylamine groups is 1. The molecule has 0 radical (unpaired) electrons. The standard InChI is InChI=1S/C31H36N4O5/c1-20(2)16-33-19-28(36)35-18-27-24(15-26(35)31(33)38)23-7-3-4-8-25(23)34(27)17-21-10-12-22(13-11-21)30(37)32-40-29-9-5-6-14-39-29/h3-4,7-8,10-13,20,26,29H,5-6,9,14-19H2,1-2H3,(H,32,37)/t26?,29-/m1/s1. The average Bonchev–Trinajstić information content (AvgIpc) is 3.27. The highest BCUT2D eigenvalue weighted by Gasteiger charge is 2.43. The lowest BCUT2D eigenvalue weighted by atomic mass is 9.93. The largest absolute Gasteiger partial charge is 0.350 e. The van der Waals surface area contributed by atoms with E-state index in [1.54, 1.807) is 21.9 Å². The van der Waals surface area contributed by atoms with Crippen LogP contribution in [-0.2, 0) is 38.7 Å². The number of hydrogen-bond acceptors (Lipinski definition) is 5.